The Morgan fingerprint density at radius 1 is 1.12 bits per heavy atom. The first-order valence-corrected chi connectivity index (χ1v) is 9.92. The van der Waals surface area contributed by atoms with Crippen LogP contribution in [0.4, 0.5) is 4.79 Å². The quantitative estimate of drug-likeness (QED) is 0.671. The van der Waals surface area contributed by atoms with Gasteiger partial charge in [0.1, 0.15) is 6.61 Å². The molecular weight excluding hydrogens is 392 g/mol. The summed E-state index contributed by atoms with van der Waals surface area (Å²) < 4.78 is 6.37. The third-order valence-corrected chi connectivity index (χ3v) is 5.32. The van der Waals surface area contributed by atoms with E-state index in [0.29, 0.717) is 18.7 Å². The van der Waals surface area contributed by atoms with Crippen molar-refractivity contribution in [3.63, 3.8) is 0 Å². The molecule has 1 aliphatic carbocycles. The normalized spacial score (nSPS) is 20.1. The number of carbonyl (C=O) groups is 1. The van der Waals surface area contributed by atoms with Crippen LogP contribution in [0.25, 0.3) is 0 Å². The van der Waals surface area contributed by atoms with Crippen LogP contribution in [0.2, 0.25) is 0 Å². The topological polar surface area (TPSA) is 50.4 Å². The lowest BCUT2D eigenvalue weighted by molar-refractivity contribution is 0.124. The van der Waals surface area contributed by atoms with Crippen LogP contribution in [-0.4, -0.2) is 18.2 Å². The van der Waals surface area contributed by atoms with Crippen LogP contribution in [0.5, 0.6) is 0 Å². The van der Waals surface area contributed by atoms with Crippen LogP contribution < -0.4 is 10.6 Å². The fourth-order valence-corrected chi connectivity index (χ4v) is 3.50. The number of carbonyl (C=O) groups excluding carboxylic acids is 1. The van der Waals surface area contributed by atoms with Gasteiger partial charge >= 0.3 is 6.09 Å². The summed E-state index contributed by atoms with van der Waals surface area (Å²) in [6.45, 7) is 2.50. The van der Waals surface area contributed by atoms with Gasteiger partial charge in [-0.15, -0.1) is 0 Å². The molecule has 0 heterocycles. The van der Waals surface area contributed by atoms with Gasteiger partial charge < -0.3 is 15.4 Å². The molecule has 1 saturated carbocycles. The number of halogens is 1. The molecule has 1 atom stereocenters. The van der Waals surface area contributed by atoms with Crippen LogP contribution in [0.15, 0.2) is 59.1 Å². The van der Waals surface area contributed by atoms with E-state index >= 15 is 0 Å². The number of hydrogen-bond donors (Lipinski definition) is 2. The number of rotatable bonds is 7. The summed E-state index contributed by atoms with van der Waals surface area (Å²) in [6, 6.07) is 19.2. The molecule has 138 valence electrons. The summed E-state index contributed by atoms with van der Waals surface area (Å²) >= 11 is 3.48. The predicted octanol–water partition coefficient (Wildman–Crippen LogP) is 4.95. The molecule has 3 rings (SSSR count). The molecule has 2 aromatic rings. The summed E-state index contributed by atoms with van der Waals surface area (Å²) in [7, 11) is 0. The first kappa shape index (κ1) is 18.9. The molecule has 2 N–H and O–H groups in total. The molecule has 0 radical (unpaired) electrons. The highest BCUT2D eigenvalue weighted by molar-refractivity contribution is 9.10. The maximum atomic E-state index is 11.9. The van der Waals surface area contributed by atoms with Crippen molar-refractivity contribution in [1.82, 2.24) is 10.6 Å². The maximum absolute atomic E-state index is 11.9. The largest absolute Gasteiger partial charge is 0.445 e. The molecule has 0 aliphatic heterocycles. The Kier molecular flexibility index (Phi) is 6.69. The third kappa shape index (κ3) is 5.32. The van der Waals surface area contributed by atoms with Gasteiger partial charge in [0.15, 0.2) is 0 Å². The molecule has 4 nitrogen and oxygen atoms in total. The Bertz CT molecular complexity index is 700. The molecule has 26 heavy (non-hydrogen) atoms. The number of ether oxygens (including phenoxy) is 1. The van der Waals surface area contributed by atoms with Gasteiger partial charge in [0, 0.05) is 22.6 Å². The molecule has 1 fully saturated rings. The lowest BCUT2D eigenvalue weighted by Gasteiger charge is -2.38. The van der Waals surface area contributed by atoms with E-state index < -0.39 is 0 Å². The van der Waals surface area contributed by atoms with Crippen LogP contribution in [0, 0.1) is 0 Å². The minimum atomic E-state index is -0.336. The first-order valence-electron chi connectivity index (χ1n) is 9.12. The van der Waals surface area contributed by atoms with Gasteiger partial charge in [0.05, 0.1) is 0 Å². The standard InChI is InChI=1S/C21H25BrN2O2/c1-2-20(16-8-10-17(22)11-9-16)23-18-12-19(13-18)24-21(25)26-14-15-6-4-3-5-7-15/h3-11,18-20,23H,2,12-14H2,1H3,(H,24,25). The molecule has 0 saturated heterocycles. The second kappa shape index (κ2) is 9.19. The van der Waals surface area contributed by atoms with Gasteiger partial charge in [-0.1, -0.05) is 65.3 Å². The minimum absolute atomic E-state index is 0.193. The van der Waals surface area contributed by atoms with Crippen molar-refractivity contribution >= 4 is 22.0 Å². The molecule has 1 aliphatic rings. The molecule has 2 aromatic carbocycles. The van der Waals surface area contributed by atoms with Crippen LogP contribution in [-0.2, 0) is 11.3 Å². The van der Waals surface area contributed by atoms with Gasteiger partial charge in [-0.05, 0) is 42.5 Å². The lowest BCUT2D eigenvalue weighted by atomic mass is 9.85. The third-order valence-electron chi connectivity index (χ3n) is 4.79. The van der Waals surface area contributed by atoms with E-state index in [1.807, 2.05) is 30.3 Å². The zero-order valence-electron chi connectivity index (χ0n) is 15.0. The number of hydrogen-bond acceptors (Lipinski definition) is 3. The number of benzene rings is 2. The first-order chi connectivity index (χ1) is 12.6. The predicted molar refractivity (Wildman–Crippen MR) is 107 cm³/mol. The van der Waals surface area contributed by atoms with Crippen molar-refractivity contribution in [1.29, 1.82) is 0 Å². The Balaban J connectivity index is 1.38. The van der Waals surface area contributed by atoms with Crippen molar-refractivity contribution in [3.8, 4) is 0 Å². The minimum Gasteiger partial charge on any atom is -0.445 e. The number of amides is 1. The van der Waals surface area contributed by atoms with Gasteiger partial charge in [-0.2, -0.15) is 0 Å². The molecule has 0 spiro atoms. The summed E-state index contributed by atoms with van der Waals surface area (Å²) in [5, 5.41) is 6.64. The zero-order valence-corrected chi connectivity index (χ0v) is 16.5. The summed E-state index contributed by atoms with van der Waals surface area (Å²) in [5.74, 6) is 0. The molecule has 0 aromatic heterocycles. The Morgan fingerprint density at radius 3 is 2.46 bits per heavy atom. The number of alkyl carbamates (subject to hydrolysis) is 1. The van der Waals surface area contributed by atoms with Crippen LogP contribution in [0.1, 0.15) is 43.4 Å². The lowest BCUT2D eigenvalue weighted by Crippen LogP contribution is -2.53. The van der Waals surface area contributed by atoms with E-state index in [-0.39, 0.29) is 12.1 Å². The molecule has 1 amide bonds. The summed E-state index contributed by atoms with van der Waals surface area (Å²) in [5.41, 5.74) is 2.30. The highest BCUT2D eigenvalue weighted by Crippen LogP contribution is 2.26. The molecule has 1 unspecified atom stereocenters. The molecule has 5 heteroatoms. The van der Waals surface area contributed by atoms with Crippen molar-refractivity contribution in [2.75, 3.05) is 0 Å². The number of nitrogens with one attached hydrogen (secondary N) is 2. The van der Waals surface area contributed by atoms with Crippen molar-refractivity contribution < 1.29 is 9.53 Å². The van der Waals surface area contributed by atoms with Crippen molar-refractivity contribution in [3.05, 3.63) is 70.2 Å². The van der Waals surface area contributed by atoms with Crippen LogP contribution >= 0.6 is 15.9 Å². The summed E-state index contributed by atoms with van der Waals surface area (Å²) in [6.07, 6.45) is 2.58. The van der Waals surface area contributed by atoms with Crippen LogP contribution in [0.3, 0.4) is 0 Å². The van der Waals surface area contributed by atoms with Gasteiger partial charge in [0.25, 0.3) is 0 Å². The highest BCUT2D eigenvalue weighted by Gasteiger charge is 2.32. The highest BCUT2D eigenvalue weighted by atomic mass is 79.9. The van der Waals surface area contributed by atoms with Gasteiger partial charge in [-0.25, -0.2) is 4.79 Å². The second-order valence-electron chi connectivity index (χ2n) is 6.75. The SMILES string of the molecule is CCC(NC1CC(NC(=O)OCc2ccccc2)C1)c1ccc(Br)cc1. The summed E-state index contributed by atoms with van der Waals surface area (Å²) in [4.78, 5) is 11.9. The smallest absolute Gasteiger partial charge is 0.407 e. The van der Waals surface area contributed by atoms with E-state index in [4.69, 9.17) is 4.74 Å². The Morgan fingerprint density at radius 2 is 1.81 bits per heavy atom. The van der Waals surface area contributed by atoms with E-state index in [2.05, 4.69) is 57.8 Å². The van der Waals surface area contributed by atoms with Gasteiger partial charge in [-0.3, -0.25) is 0 Å². The second-order valence-corrected chi connectivity index (χ2v) is 7.67. The average molecular weight is 417 g/mol. The zero-order chi connectivity index (χ0) is 18.4. The van der Waals surface area contributed by atoms with Crippen molar-refractivity contribution in [2.45, 2.75) is 50.9 Å². The maximum Gasteiger partial charge on any atom is 0.407 e. The fourth-order valence-electron chi connectivity index (χ4n) is 3.23. The monoisotopic (exact) mass is 416 g/mol. The average Bonchev–Trinajstić information content (AvgIpc) is 2.63. The van der Waals surface area contributed by atoms with Crippen molar-refractivity contribution in [2.24, 2.45) is 0 Å². The Hall–Kier alpha value is -1.85. The van der Waals surface area contributed by atoms with E-state index in [1.54, 1.807) is 0 Å². The molecule has 0 bridgehead atoms. The fraction of sp³-hybridized carbons (Fsp3) is 0.381. The van der Waals surface area contributed by atoms with E-state index in [1.165, 1.54) is 5.56 Å². The molecular formula is C21H25BrN2O2. The van der Waals surface area contributed by atoms with E-state index in [9.17, 15) is 4.79 Å². The van der Waals surface area contributed by atoms with Gasteiger partial charge in [0.2, 0.25) is 0 Å². The Labute approximate surface area is 163 Å². The van der Waals surface area contributed by atoms with E-state index in [0.717, 1.165) is 29.3 Å².